The zero-order valence-electron chi connectivity index (χ0n) is 16.9. The molecule has 0 atom stereocenters. The molecule has 0 bridgehead atoms. The molecule has 0 spiro atoms. The van der Waals surface area contributed by atoms with Crippen molar-refractivity contribution in [2.24, 2.45) is 0 Å². The largest absolute Gasteiger partial charge is 0.435 e. The van der Waals surface area contributed by atoms with Crippen LogP contribution in [0, 0.1) is 0 Å². The predicted octanol–water partition coefficient (Wildman–Crippen LogP) is 6.79. The lowest BCUT2D eigenvalue weighted by Crippen LogP contribution is -2.22. The Morgan fingerprint density at radius 1 is 0.939 bits per heavy atom. The van der Waals surface area contributed by atoms with Gasteiger partial charge < -0.3 is 5.32 Å². The summed E-state index contributed by atoms with van der Waals surface area (Å²) in [6.45, 7) is 0.311. The number of alkyl halides is 3. The van der Waals surface area contributed by atoms with Gasteiger partial charge in [0.1, 0.15) is 0 Å². The Bertz CT molecular complexity index is 1280. The Hall–Kier alpha value is -3.29. The van der Waals surface area contributed by atoms with Gasteiger partial charge in [0.2, 0.25) is 0 Å². The molecule has 168 valence electrons. The third kappa shape index (κ3) is 5.21. The quantitative estimate of drug-likeness (QED) is 0.335. The average Bonchev–Trinajstić information content (AvgIpc) is 3.25. The Labute approximate surface area is 197 Å². The third-order valence-electron chi connectivity index (χ3n) is 4.89. The van der Waals surface area contributed by atoms with Gasteiger partial charge in [0.25, 0.3) is 5.91 Å². The fourth-order valence-corrected chi connectivity index (χ4v) is 3.55. The van der Waals surface area contributed by atoms with E-state index in [2.05, 4.69) is 10.4 Å². The molecule has 0 saturated carbocycles. The van der Waals surface area contributed by atoms with Crippen LogP contribution in [0.3, 0.4) is 0 Å². The maximum atomic E-state index is 13.4. The maximum Gasteiger partial charge on any atom is 0.435 e. The zero-order chi connectivity index (χ0) is 23.6. The minimum atomic E-state index is -4.62. The van der Waals surface area contributed by atoms with Crippen LogP contribution in [0.1, 0.15) is 21.6 Å². The molecular formula is C24H16Cl2F3N3O. The first-order valence-electron chi connectivity index (χ1n) is 9.77. The van der Waals surface area contributed by atoms with E-state index in [0.29, 0.717) is 28.4 Å². The first-order valence-corrected chi connectivity index (χ1v) is 10.5. The van der Waals surface area contributed by atoms with Gasteiger partial charge in [-0.05, 0) is 48.0 Å². The molecule has 33 heavy (non-hydrogen) atoms. The fraction of sp³-hybridized carbons (Fsp3) is 0.0833. The number of carbonyl (C=O) groups excluding carboxylic acids is 1. The lowest BCUT2D eigenvalue weighted by Gasteiger charge is -2.10. The molecule has 1 amide bonds. The van der Waals surface area contributed by atoms with E-state index in [4.69, 9.17) is 23.2 Å². The van der Waals surface area contributed by atoms with Crippen molar-refractivity contribution in [3.8, 4) is 16.9 Å². The zero-order valence-corrected chi connectivity index (χ0v) is 18.4. The molecule has 4 nitrogen and oxygen atoms in total. The number of benzene rings is 3. The Morgan fingerprint density at radius 3 is 2.24 bits per heavy atom. The SMILES string of the molecule is O=C(NCc1ccc(Cl)cc1)c1ccc(-c2cc(C(F)(F)F)nn2-c2ccccc2Cl)cc1. The maximum absolute atomic E-state index is 13.4. The molecule has 0 fully saturated rings. The van der Waals surface area contributed by atoms with E-state index >= 15 is 0 Å². The Morgan fingerprint density at radius 2 is 1.61 bits per heavy atom. The van der Waals surface area contributed by atoms with Gasteiger partial charge in [0.15, 0.2) is 5.69 Å². The molecule has 1 N–H and O–H groups in total. The first-order chi connectivity index (χ1) is 15.7. The fourth-order valence-electron chi connectivity index (χ4n) is 3.21. The second-order valence-corrected chi connectivity index (χ2v) is 8.01. The van der Waals surface area contributed by atoms with E-state index < -0.39 is 11.9 Å². The summed E-state index contributed by atoms with van der Waals surface area (Å²) in [6.07, 6.45) is -4.62. The molecular weight excluding hydrogens is 474 g/mol. The number of hydrogen-bond donors (Lipinski definition) is 1. The molecule has 0 aliphatic rings. The smallest absolute Gasteiger partial charge is 0.348 e. The Kier molecular flexibility index (Phi) is 6.44. The van der Waals surface area contributed by atoms with Crippen molar-refractivity contribution in [1.82, 2.24) is 15.1 Å². The summed E-state index contributed by atoms with van der Waals surface area (Å²) in [5.41, 5.74) is 1.17. The minimum Gasteiger partial charge on any atom is -0.348 e. The molecule has 0 radical (unpaired) electrons. The molecule has 0 aliphatic heterocycles. The van der Waals surface area contributed by atoms with Crippen LogP contribution in [0.5, 0.6) is 0 Å². The molecule has 0 unspecified atom stereocenters. The number of nitrogens with zero attached hydrogens (tertiary/aromatic N) is 2. The Balaban J connectivity index is 1.60. The lowest BCUT2D eigenvalue weighted by atomic mass is 10.1. The van der Waals surface area contributed by atoms with Gasteiger partial charge in [-0.2, -0.15) is 18.3 Å². The van der Waals surface area contributed by atoms with Gasteiger partial charge in [-0.3, -0.25) is 4.79 Å². The van der Waals surface area contributed by atoms with Crippen LogP contribution in [0.2, 0.25) is 10.0 Å². The molecule has 3 aromatic carbocycles. The molecule has 1 heterocycles. The number of para-hydroxylation sites is 1. The van der Waals surface area contributed by atoms with Crippen molar-refractivity contribution in [3.05, 3.63) is 106 Å². The van der Waals surface area contributed by atoms with Crippen LogP contribution in [0.4, 0.5) is 13.2 Å². The molecule has 0 saturated heterocycles. The van der Waals surface area contributed by atoms with Crippen molar-refractivity contribution in [2.75, 3.05) is 0 Å². The number of hydrogen-bond acceptors (Lipinski definition) is 2. The van der Waals surface area contributed by atoms with Gasteiger partial charge in [0.05, 0.1) is 16.4 Å². The lowest BCUT2D eigenvalue weighted by molar-refractivity contribution is -0.141. The summed E-state index contributed by atoms with van der Waals surface area (Å²) in [4.78, 5) is 12.5. The second-order valence-electron chi connectivity index (χ2n) is 7.16. The molecule has 4 aromatic rings. The van der Waals surface area contributed by atoms with Gasteiger partial charge >= 0.3 is 6.18 Å². The summed E-state index contributed by atoms with van der Waals surface area (Å²) in [5, 5.41) is 7.39. The van der Waals surface area contributed by atoms with Gasteiger partial charge in [-0.15, -0.1) is 0 Å². The normalized spacial score (nSPS) is 11.4. The van der Waals surface area contributed by atoms with Gasteiger partial charge in [-0.1, -0.05) is 59.6 Å². The van der Waals surface area contributed by atoms with E-state index in [0.717, 1.165) is 16.3 Å². The van der Waals surface area contributed by atoms with Gasteiger partial charge in [0, 0.05) is 22.7 Å². The van der Waals surface area contributed by atoms with E-state index in [9.17, 15) is 18.0 Å². The van der Waals surface area contributed by atoms with Crippen LogP contribution >= 0.6 is 23.2 Å². The highest BCUT2D eigenvalue weighted by molar-refractivity contribution is 6.32. The van der Waals surface area contributed by atoms with Crippen molar-refractivity contribution >= 4 is 29.1 Å². The standard InChI is InChI=1S/C24H16Cl2F3N3O/c25-18-11-5-15(6-12-18)14-30-23(33)17-9-7-16(8-10-17)21-13-22(24(27,28)29)31-32(21)20-4-2-1-3-19(20)26/h1-13H,14H2,(H,30,33). The average molecular weight is 490 g/mol. The monoisotopic (exact) mass is 489 g/mol. The third-order valence-corrected chi connectivity index (χ3v) is 5.46. The van der Waals surface area contributed by atoms with E-state index in [1.165, 1.54) is 0 Å². The topological polar surface area (TPSA) is 46.9 Å². The van der Waals surface area contributed by atoms with Crippen LogP contribution in [0.15, 0.2) is 78.9 Å². The second kappa shape index (κ2) is 9.29. The van der Waals surface area contributed by atoms with Gasteiger partial charge in [-0.25, -0.2) is 4.68 Å². The highest BCUT2D eigenvalue weighted by Crippen LogP contribution is 2.34. The molecule has 9 heteroatoms. The van der Waals surface area contributed by atoms with Crippen LogP contribution in [-0.4, -0.2) is 15.7 Å². The van der Waals surface area contributed by atoms with Crippen LogP contribution in [0.25, 0.3) is 16.9 Å². The number of carbonyl (C=O) groups is 1. The summed E-state index contributed by atoms with van der Waals surface area (Å²) in [6, 6.07) is 20.8. The highest BCUT2D eigenvalue weighted by atomic mass is 35.5. The van der Waals surface area contributed by atoms with Crippen molar-refractivity contribution in [2.45, 2.75) is 12.7 Å². The number of aromatic nitrogens is 2. The number of amides is 1. The van der Waals surface area contributed by atoms with E-state index in [1.54, 1.807) is 72.8 Å². The summed E-state index contributed by atoms with van der Waals surface area (Å²) >= 11 is 12.1. The van der Waals surface area contributed by atoms with Crippen molar-refractivity contribution in [1.29, 1.82) is 0 Å². The molecule has 4 rings (SSSR count). The predicted molar refractivity (Wildman–Crippen MR) is 122 cm³/mol. The number of halogens is 5. The summed E-state index contributed by atoms with van der Waals surface area (Å²) < 4.78 is 41.2. The summed E-state index contributed by atoms with van der Waals surface area (Å²) in [7, 11) is 0. The first kappa shape index (κ1) is 22.9. The van der Waals surface area contributed by atoms with Crippen molar-refractivity contribution < 1.29 is 18.0 Å². The molecule has 0 aliphatic carbocycles. The van der Waals surface area contributed by atoms with Crippen LogP contribution in [-0.2, 0) is 12.7 Å². The van der Waals surface area contributed by atoms with Crippen LogP contribution < -0.4 is 5.32 Å². The number of nitrogens with one attached hydrogen (secondary N) is 1. The number of rotatable bonds is 5. The minimum absolute atomic E-state index is 0.198. The summed E-state index contributed by atoms with van der Waals surface area (Å²) in [5.74, 6) is -0.313. The van der Waals surface area contributed by atoms with Crippen molar-refractivity contribution in [3.63, 3.8) is 0 Å². The van der Waals surface area contributed by atoms with E-state index in [1.807, 2.05) is 0 Å². The highest BCUT2D eigenvalue weighted by Gasteiger charge is 2.35. The molecule has 1 aromatic heterocycles. The van der Waals surface area contributed by atoms with E-state index in [-0.39, 0.29) is 16.6 Å².